The number of halogens is 1. The van der Waals surface area contributed by atoms with Crippen molar-refractivity contribution in [3.05, 3.63) is 21.9 Å². The molecule has 0 saturated carbocycles. The van der Waals surface area contributed by atoms with Crippen molar-refractivity contribution in [1.82, 2.24) is 9.97 Å². The molecule has 1 atom stereocenters. The van der Waals surface area contributed by atoms with Crippen LogP contribution in [0.3, 0.4) is 0 Å². The van der Waals surface area contributed by atoms with Crippen molar-refractivity contribution in [3.8, 4) is 0 Å². The van der Waals surface area contributed by atoms with E-state index in [2.05, 4.69) is 30.7 Å². The number of nitrogens with zero attached hydrogens (tertiary/aromatic N) is 2. The minimum Gasteiger partial charge on any atom is -0.225 e. The van der Waals surface area contributed by atoms with Gasteiger partial charge in [-0.15, -0.1) is 11.3 Å². The Morgan fingerprint density at radius 3 is 2.95 bits per heavy atom. The number of fused-ring (bicyclic) bond motifs is 3. The monoisotopic (exact) mass is 294 g/mol. The Morgan fingerprint density at radius 1 is 1.42 bits per heavy atom. The summed E-state index contributed by atoms with van der Waals surface area (Å²) in [4.78, 5) is 11.1. The molecule has 102 valence electrons. The molecule has 2 aromatic heterocycles. The lowest BCUT2D eigenvalue weighted by Gasteiger charge is -2.36. The van der Waals surface area contributed by atoms with Gasteiger partial charge in [0.25, 0.3) is 0 Å². The summed E-state index contributed by atoms with van der Waals surface area (Å²) < 4.78 is 0. The topological polar surface area (TPSA) is 25.8 Å². The van der Waals surface area contributed by atoms with Gasteiger partial charge < -0.3 is 0 Å². The first kappa shape index (κ1) is 13.3. The van der Waals surface area contributed by atoms with Gasteiger partial charge in [-0.05, 0) is 36.2 Å². The number of rotatable bonds is 2. The van der Waals surface area contributed by atoms with Gasteiger partial charge in [-0.3, -0.25) is 0 Å². The molecule has 19 heavy (non-hydrogen) atoms. The van der Waals surface area contributed by atoms with Crippen LogP contribution in [-0.2, 0) is 12.8 Å². The van der Waals surface area contributed by atoms with Gasteiger partial charge in [-0.1, -0.05) is 38.8 Å². The van der Waals surface area contributed by atoms with Gasteiger partial charge in [-0.25, -0.2) is 9.97 Å². The summed E-state index contributed by atoms with van der Waals surface area (Å²) in [5, 5.41) is 1.73. The molecule has 2 nitrogen and oxygen atoms in total. The molecule has 0 spiro atoms. The highest BCUT2D eigenvalue weighted by atomic mass is 35.5. The maximum atomic E-state index is 6.29. The summed E-state index contributed by atoms with van der Waals surface area (Å²) in [5.74, 6) is 0.735. The minimum absolute atomic E-state index is 0.397. The molecule has 0 bridgehead atoms. The largest absolute Gasteiger partial charge is 0.225 e. The van der Waals surface area contributed by atoms with Crippen LogP contribution in [0.5, 0.6) is 0 Å². The van der Waals surface area contributed by atoms with E-state index in [1.54, 1.807) is 17.7 Å². The molecular weight excluding hydrogens is 276 g/mol. The van der Waals surface area contributed by atoms with Gasteiger partial charge in [0.2, 0.25) is 0 Å². The molecule has 2 aromatic rings. The van der Waals surface area contributed by atoms with E-state index < -0.39 is 0 Å². The number of hydrogen-bond donors (Lipinski definition) is 0. The molecule has 0 N–H and O–H groups in total. The van der Waals surface area contributed by atoms with Crippen LogP contribution in [0.1, 0.15) is 44.1 Å². The van der Waals surface area contributed by atoms with Crippen molar-refractivity contribution in [2.75, 3.05) is 0 Å². The Bertz CT molecular complexity index is 618. The van der Waals surface area contributed by atoms with Gasteiger partial charge in [0.15, 0.2) is 0 Å². The van der Waals surface area contributed by atoms with Gasteiger partial charge in [0.05, 0.1) is 5.39 Å². The summed E-state index contributed by atoms with van der Waals surface area (Å²) in [6, 6.07) is 0. The first-order valence-corrected chi connectivity index (χ1v) is 8.13. The lowest BCUT2D eigenvalue weighted by atomic mass is 9.69. The number of hydrogen-bond acceptors (Lipinski definition) is 3. The van der Waals surface area contributed by atoms with Crippen LogP contribution in [0.4, 0.5) is 0 Å². The van der Waals surface area contributed by atoms with E-state index in [4.69, 9.17) is 11.6 Å². The summed E-state index contributed by atoms with van der Waals surface area (Å²) in [7, 11) is 0. The highest BCUT2D eigenvalue weighted by Crippen LogP contribution is 2.45. The van der Waals surface area contributed by atoms with E-state index in [9.17, 15) is 0 Å². The molecule has 0 radical (unpaired) electrons. The highest BCUT2D eigenvalue weighted by molar-refractivity contribution is 7.19. The van der Waals surface area contributed by atoms with Crippen LogP contribution in [0.2, 0.25) is 5.15 Å². The Hall–Kier alpha value is -0.670. The molecule has 0 saturated heterocycles. The van der Waals surface area contributed by atoms with Crippen LogP contribution < -0.4 is 0 Å². The number of thiophene rings is 1. The minimum atomic E-state index is 0.397. The van der Waals surface area contributed by atoms with E-state index >= 15 is 0 Å². The SMILES string of the molecule is CCC(C)(C)[C@H]1CCc2sc3ncnc(Cl)c3c2C1. The Kier molecular flexibility index (Phi) is 3.30. The first-order chi connectivity index (χ1) is 9.03. The quantitative estimate of drug-likeness (QED) is 0.737. The smallest absolute Gasteiger partial charge is 0.141 e. The Morgan fingerprint density at radius 2 is 2.21 bits per heavy atom. The fraction of sp³-hybridized carbons (Fsp3) is 0.600. The standard InChI is InChI=1S/C15H19ClN2S/c1-4-15(2,3)9-5-6-11-10(7-9)12-13(16)17-8-18-14(12)19-11/h8-9H,4-7H2,1-3H3/t9-/m0/s1. The lowest BCUT2D eigenvalue weighted by molar-refractivity contribution is 0.184. The number of aromatic nitrogens is 2. The molecule has 0 aliphatic heterocycles. The molecule has 0 aromatic carbocycles. The lowest BCUT2D eigenvalue weighted by Crippen LogP contribution is -2.28. The first-order valence-electron chi connectivity index (χ1n) is 6.93. The zero-order valence-electron chi connectivity index (χ0n) is 11.7. The van der Waals surface area contributed by atoms with Gasteiger partial charge >= 0.3 is 0 Å². The predicted molar refractivity (Wildman–Crippen MR) is 82.0 cm³/mol. The summed E-state index contributed by atoms with van der Waals surface area (Å²) in [6.45, 7) is 7.06. The molecule has 0 amide bonds. The highest BCUT2D eigenvalue weighted by Gasteiger charge is 2.33. The van der Waals surface area contributed by atoms with E-state index in [1.807, 2.05) is 0 Å². The van der Waals surface area contributed by atoms with Crippen LogP contribution in [0.15, 0.2) is 6.33 Å². The molecule has 1 aliphatic carbocycles. The average molecular weight is 295 g/mol. The van der Waals surface area contributed by atoms with Crippen molar-refractivity contribution < 1.29 is 0 Å². The van der Waals surface area contributed by atoms with Crippen LogP contribution >= 0.6 is 22.9 Å². The molecule has 3 rings (SSSR count). The second kappa shape index (κ2) is 4.71. The zero-order valence-corrected chi connectivity index (χ0v) is 13.2. The maximum Gasteiger partial charge on any atom is 0.141 e. The molecule has 4 heteroatoms. The molecule has 1 aliphatic rings. The van der Waals surface area contributed by atoms with Crippen LogP contribution in [0.25, 0.3) is 10.2 Å². The summed E-state index contributed by atoms with van der Waals surface area (Å²) in [5.41, 5.74) is 1.82. The average Bonchev–Trinajstić information content (AvgIpc) is 2.77. The van der Waals surface area contributed by atoms with Gasteiger partial charge in [0.1, 0.15) is 16.3 Å². The molecule has 0 fully saturated rings. The van der Waals surface area contributed by atoms with E-state index in [0.29, 0.717) is 10.6 Å². The van der Waals surface area contributed by atoms with E-state index in [0.717, 1.165) is 22.6 Å². The van der Waals surface area contributed by atoms with Crippen LogP contribution in [0, 0.1) is 11.3 Å². The second-order valence-corrected chi connectivity index (χ2v) is 7.57. The Balaban J connectivity index is 2.07. The van der Waals surface area contributed by atoms with Crippen molar-refractivity contribution in [2.45, 2.75) is 46.5 Å². The maximum absolute atomic E-state index is 6.29. The summed E-state index contributed by atoms with van der Waals surface area (Å²) >= 11 is 8.09. The Labute approximate surface area is 123 Å². The van der Waals surface area contributed by atoms with Crippen LogP contribution in [-0.4, -0.2) is 9.97 Å². The fourth-order valence-corrected chi connectivity index (χ4v) is 4.51. The predicted octanol–water partition coefficient (Wildman–Crippen LogP) is 4.89. The van der Waals surface area contributed by atoms with Crippen molar-refractivity contribution >= 4 is 33.2 Å². The van der Waals surface area contributed by atoms with Crippen molar-refractivity contribution in [2.24, 2.45) is 11.3 Å². The second-order valence-electron chi connectivity index (χ2n) is 6.13. The fourth-order valence-electron chi connectivity index (χ4n) is 3.03. The van der Waals surface area contributed by atoms with E-state index in [1.165, 1.54) is 29.7 Å². The van der Waals surface area contributed by atoms with E-state index in [-0.39, 0.29) is 0 Å². The molecule has 2 heterocycles. The van der Waals surface area contributed by atoms with Crippen molar-refractivity contribution in [1.29, 1.82) is 0 Å². The van der Waals surface area contributed by atoms with Gasteiger partial charge in [0, 0.05) is 4.88 Å². The third-order valence-corrected chi connectivity index (χ3v) is 6.30. The molecule has 0 unspecified atom stereocenters. The molecular formula is C15H19ClN2S. The zero-order chi connectivity index (χ0) is 13.6. The van der Waals surface area contributed by atoms with Gasteiger partial charge in [-0.2, -0.15) is 0 Å². The third kappa shape index (κ3) is 2.17. The van der Waals surface area contributed by atoms with Crippen molar-refractivity contribution in [3.63, 3.8) is 0 Å². The number of aryl methyl sites for hydroxylation is 1. The summed E-state index contributed by atoms with van der Waals surface area (Å²) in [6.07, 6.45) is 6.37. The normalized spacial score (nSPS) is 19.7. The third-order valence-electron chi connectivity index (χ3n) is 4.81.